The summed E-state index contributed by atoms with van der Waals surface area (Å²) in [6.45, 7) is 1.19. The largest absolute Gasteiger partial charge is 0.451 e. The zero-order valence-electron chi connectivity index (χ0n) is 15.2. The summed E-state index contributed by atoms with van der Waals surface area (Å²) in [5.74, 6) is 0.0605. The highest BCUT2D eigenvalue weighted by Gasteiger charge is 2.29. The fraction of sp³-hybridized carbons (Fsp3) is 0.286. The molecule has 1 saturated carbocycles. The van der Waals surface area contributed by atoms with Crippen LogP contribution in [0.1, 0.15) is 34.5 Å². The lowest BCUT2D eigenvalue weighted by molar-refractivity contribution is 0.0705. The Morgan fingerprint density at radius 3 is 2.64 bits per heavy atom. The number of carbonyl (C=O) groups is 1. The van der Waals surface area contributed by atoms with E-state index in [0.29, 0.717) is 24.1 Å². The molecular formula is C21H20N2O4S. The van der Waals surface area contributed by atoms with Gasteiger partial charge in [-0.05, 0) is 54.7 Å². The molecule has 2 heterocycles. The first-order valence-electron chi connectivity index (χ1n) is 9.42. The number of nitrogens with zero attached hydrogens (tertiary/aromatic N) is 1. The van der Waals surface area contributed by atoms with Gasteiger partial charge in [-0.2, -0.15) is 0 Å². The van der Waals surface area contributed by atoms with Crippen molar-refractivity contribution in [3.05, 3.63) is 65.4 Å². The van der Waals surface area contributed by atoms with E-state index < -0.39 is 10.0 Å². The molecule has 28 heavy (non-hydrogen) atoms. The summed E-state index contributed by atoms with van der Waals surface area (Å²) >= 11 is 0. The number of sulfonamides is 1. The third kappa shape index (κ3) is 3.21. The zero-order valence-corrected chi connectivity index (χ0v) is 16.0. The molecule has 2 aromatic carbocycles. The van der Waals surface area contributed by atoms with Crippen LogP contribution in [0.15, 0.2) is 57.8 Å². The molecule has 1 aliphatic carbocycles. The fourth-order valence-electron chi connectivity index (χ4n) is 3.61. The summed E-state index contributed by atoms with van der Waals surface area (Å²) in [6, 6.07) is 14.5. The van der Waals surface area contributed by atoms with E-state index in [1.807, 2.05) is 18.2 Å². The fourth-order valence-corrected chi connectivity index (χ4v) is 4.95. The van der Waals surface area contributed by atoms with Gasteiger partial charge < -0.3 is 9.32 Å². The maximum Gasteiger partial charge on any atom is 0.289 e. The van der Waals surface area contributed by atoms with Gasteiger partial charge in [-0.1, -0.05) is 24.3 Å². The van der Waals surface area contributed by atoms with E-state index in [-0.39, 0.29) is 22.6 Å². The maximum absolute atomic E-state index is 12.9. The number of hydrogen-bond donors (Lipinski definition) is 1. The molecule has 6 nitrogen and oxygen atoms in total. The van der Waals surface area contributed by atoms with Gasteiger partial charge >= 0.3 is 0 Å². The third-order valence-electron chi connectivity index (χ3n) is 5.33. The van der Waals surface area contributed by atoms with E-state index in [4.69, 9.17) is 4.42 Å². The van der Waals surface area contributed by atoms with Gasteiger partial charge in [0.25, 0.3) is 5.91 Å². The number of furan rings is 1. The molecule has 1 fully saturated rings. The smallest absolute Gasteiger partial charge is 0.289 e. The normalized spacial score (nSPS) is 16.9. The maximum atomic E-state index is 12.9. The number of nitrogens with one attached hydrogen (secondary N) is 1. The summed E-state index contributed by atoms with van der Waals surface area (Å²) in [4.78, 5) is 14.9. The topological polar surface area (TPSA) is 79.6 Å². The number of carbonyl (C=O) groups excluding carboxylic acids is 1. The van der Waals surface area contributed by atoms with Crippen LogP contribution in [0.3, 0.4) is 0 Å². The van der Waals surface area contributed by atoms with Crippen molar-refractivity contribution in [2.45, 2.75) is 36.7 Å². The highest BCUT2D eigenvalue weighted by Crippen LogP contribution is 2.27. The molecule has 0 bridgehead atoms. The Hall–Kier alpha value is -2.64. The molecule has 0 saturated heterocycles. The number of hydrogen-bond acceptors (Lipinski definition) is 4. The summed E-state index contributed by atoms with van der Waals surface area (Å²) in [6.07, 6.45) is 2.58. The van der Waals surface area contributed by atoms with Crippen molar-refractivity contribution < 1.29 is 17.6 Å². The molecule has 7 heteroatoms. The lowest BCUT2D eigenvalue weighted by atomic mass is 10.00. The average Bonchev–Trinajstić information content (AvgIpc) is 3.40. The average molecular weight is 396 g/mol. The van der Waals surface area contributed by atoms with Crippen LogP contribution in [0, 0.1) is 0 Å². The van der Waals surface area contributed by atoms with Crippen LogP contribution in [-0.4, -0.2) is 31.8 Å². The van der Waals surface area contributed by atoms with Gasteiger partial charge in [-0.25, -0.2) is 13.1 Å². The van der Waals surface area contributed by atoms with Gasteiger partial charge in [0.2, 0.25) is 10.0 Å². The van der Waals surface area contributed by atoms with Gasteiger partial charge in [0.05, 0.1) is 4.90 Å². The SMILES string of the molecule is O=C(c1cc2cc(S(=O)(=O)NC3CC3)ccc2o1)N1CCc2ccccc2C1. The molecular weight excluding hydrogens is 376 g/mol. The molecule has 0 unspecified atom stereocenters. The van der Waals surface area contributed by atoms with Crippen molar-refractivity contribution in [3.8, 4) is 0 Å². The Labute approximate surface area is 163 Å². The predicted octanol–water partition coefficient (Wildman–Crippen LogP) is 3.07. The Morgan fingerprint density at radius 1 is 1.07 bits per heavy atom. The Balaban J connectivity index is 1.41. The molecule has 144 valence electrons. The summed E-state index contributed by atoms with van der Waals surface area (Å²) < 4.78 is 33.2. The minimum Gasteiger partial charge on any atom is -0.451 e. The van der Waals surface area contributed by atoms with Gasteiger partial charge in [0.1, 0.15) is 5.58 Å². The Morgan fingerprint density at radius 2 is 1.86 bits per heavy atom. The number of benzene rings is 2. The lowest BCUT2D eigenvalue weighted by Gasteiger charge is -2.28. The number of rotatable bonds is 4. The minimum atomic E-state index is -3.54. The van der Waals surface area contributed by atoms with Crippen molar-refractivity contribution in [1.29, 1.82) is 0 Å². The summed E-state index contributed by atoms with van der Waals surface area (Å²) in [7, 11) is -3.54. The van der Waals surface area contributed by atoms with Crippen LogP contribution in [0.2, 0.25) is 0 Å². The van der Waals surface area contributed by atoms with Gasteiger partial charge in [-0.3, -0.25) is 4.79 Å². The lowest BCUT2D eigenvalue weighted by Crippen LogP contribution is -2.35. The standard InChI is InChI=1S/C21H20N2O4S/c24-21(23-10-9-14-3-1-2-4-15(14)13-23)20-12-16-11-18(7-8-19(16)27-20)28(25,26)22-17-5-6-17/h1-4,7-8,11-12,17,22H,5-6,9-10,13H2. The van der Waals surface area contributed by atoms with Gasteiger partial charge in [0.15, 0.2) is 5.76 Å². The van der Waals surface area contributed by atoms with Gasteiger partial charge in [0, 0.05) is 24.5 Å². The third-order valence-corrected chi connectivity index (χ3v) is 6.84. The molecule has 0 atom stereocenters. The number of amides is 1. The van der Waals surface area contributed by atoms with Crippen LogP contribution in [-0.2, 0) is 23.0 Å². The second-order valence-corrected chi connectivity index (χ2v) is 9.17. The second-order valence-electron chi connectivity index (χ2n) is 7.45. The molecule has 0 spiro atoms. The van der Waals surface area contributed by atoms with Crippen molar-refractivity contribution in [1.82, 2.24) is 9.62 Å². The molecule has 0 radical (unpaired) electrons. The van der Waals surface area contributed by atoms with Crippen molar-refractivity contribution in [3.63, 3.8) is 0 Å². The number of fused-ring (bicyclic) bond motifs is 2. The van der Waals surface area contributed by atoms with Crippen LogP contribution < -0.4 is 4.72 Å². The zero-order chi connectivity index (χ0) is 19.3. The molecule has 1 N–H and O–H groups in total. The van der Waals surface area contributed by atoms with Crippen molar-refractivity contribution >= 4 is 26.9 Å². The van der Waals surface area contributed by atoms with E-state index >= 15 is 0 Å². The monoisotopic (exact) mass is 396 g/mol. The first-order valence-corrected chi connectivity index (χ1v) is 10.9. The van der Waals surface area contributed by atoms with Crippen LogP contribution >= 0.6 is 0 Å². The van der Waals surface area contributed by atoms with E-state index in [1.165, 1.54) is 11.6 Å². The molecule has 1 aromatic heterocycles. The van der Waals surface area contributed by atoms with Crippen molar-refractivity contribution in [2.24, 2.45) is 0 Å². The predicted molar refractivity (Wildman–Crippen MR) is 104 cm³/mol. The molecule has 3 aromatic rings. The van der Waals surface area contributed by atoms with E-state index in [1.54, 1.807) is 23.1 Å². The minimum absolute atomic E-state index is 0.0455. The first-order chi connectivity index (χ1) is 13.5. The summed E-state index contributed by atoms with van der Waals surface area (Å²) in [5.41, 5.74) is 2.93. The van der Waals surface area contributed by atoms with E-state index in [9.17, 15) is 13.2 Å². The molecule has 1 amide bonds. The van der Waals surface area contributed by atoms with Crippen LogP contribution in [0.5, 0.6) is 0 Å². The quantitative estimate of drug-likeness (QED) is 0.735. The van der Waals surface area contributed by atoms with E-state index in [0.717, 1.165) is 24.8 Å². The second kappa shape index (κ2) is 6.46. The highest BCUT2D eigenvalue weighted by molar-refractivity contribution is 7.89. The Bertz CT molecular complexity index is 1180. The van der Waals surface area contributed by atoms with E-state index in [2.05, 4.69) is 10.8 Å². The van der Waals surface area contributed by atoms with Gasteiger partial charge in [-0.15, -0.1) is 0 Å². The summed E-state index contributed by atoms with van der Waals surface area (Å²) in [5, 5.41) is 0.611. The molecule has 1 aliphatic heterocycles. The first kappa shape index (κ1) is 17.5. The van der Waals surface area contributed by atoms with Crippen LogP contribution in [0.25, 0.3) is 11.0 Å². The van der Waals surface area contributed by atoms with Crippen LogP contribution in [0.4, 0.5) is 0 Å². The highest BCUT2D eigenvalue weighted by atomic mass is 32.2. The molecule has 2 aliphatic rings. The molecule has 5 rings (SSSR count). The Kier molecular flexibility index (Phi) is 4.03. The van der Waals surface area contributed by atoms with Crippen molar-refractivity contribution in [2.75, 3.05) is 6.54 Å².